The Balaban J connectivity index is 1.85. The van der Waals surface area contributed by atoms with Gasteiger partial charge < -0.3 is 13.9 Å². The van der Waals surface area contributed by atoms with Gasteiger partial charge in [-0.3, -0.25) is 10.1 Å². The minimum atomic E-state index is -0.435. The molecule has 3 rings (SSSR count). The fraction of sp³-hybridized carbons (Fsp3) is 0.105. The second-order valence-electron chi connectivity index (χ2n) is 5.31. The molecule has 0 aliphatic heterocycles. The number of nitro groups is 1. The lowest BCUT2D eigenvalue weighted by Gasteiger charge is -1.99. The predicted molar refractivity (Wildman–Crippen MR) is 97.1 cm³/mol. The maximum Gasteiger partial charge on any atom is 0.312 e. The van der Waals surface area contributed by atoms with Crippen molar-refractivity contribution in [3.63, 3.8) is 0 Å². The van der Waals surface area contributed by atoms with Crippen molar-refractivity contribution in [1.82, 2.24) is 4.98 Å². The SMILES string of the molecule is COc1ccc(-c2nc(/C=C/c3ccc([N+](=O)[O-])cc3)c(OC)o2)cc1. The molecule has 0 aliphatic rings. The van der Waals surface area contributed by atoms with Gasteiger partial charge in [0.15, 0.2) is 0 Å². The second kappa shape index (κ2) is 7.52. The number of oxazole rings is 1. The molecule has 0 fully saturated rings. The lowest BCUT2D eigenvalue weighted by Crippen LogP contribution is -1.86. The number of rotatable bonds is 6. The summed E-state index contributed by atoms with van der Waals surface area (Å²) in [5, 5.41) is 10.7. The minimum absolute atomic E-state index is 0.0444. The van der Waals surface area contributed by atoms with Crippen LogP contribution >= 0.6 is 0 Å². The zero-order valence-corrected chi connectivity index (χ0v) is 14.2. The van der Waals surface area contributed by atoms with E-state index in [0.29, 0.717) is 11.6 Å². The first-order valence-corrected chi connectivity index (χ1v) is 7.72. The van der Waals surface area contributed by atoms with Crippen LogP contribution in [-0.2, 0) is 0 Å². The number of hydrogen-bond donors (Lipinski definition) is 0. The van der Waals surface area contributed by atoms with E-state index in [0.717, 1.165) is 16.9 Å². The van der Waals surface area contributed by atoms with Crippen LogP contribution in [0, 0.1) is 10.1 Å². The molecular weight excluding hydrogens is 336 g/mol. The van der Waals surface area contributed by atoms with Crippen LogP contribution in [0.25, 0.3) is 23.6 Å². The highest BCUT2D eigenvalue weighted by Gasteiger charge is 2.13. The van der Waals surface area contributed by atoms with Crippen LogP contribution in [0.5, 0.6) is 11.7 Å². The first-order chi connectivity index (χ1) is 12.6. The quantitative estimate of drug-likeness (QED) is 0.481. The van der Waals surface area contributed by atoms with Gasteiger partial charge >= 0.3 is 5.95 Å². The molecule has 0 atom stereocenters. The van der Waals surface area contributed by atoms with Crippen molar-refractivity contribution in [3.05, 3.63) is 69.9 Å². The van der Waals surface area contributed by atoms with Gasteiger partial charge in [0.05, 0.1) is 19.1 Å². The molecule has 3 aromatic rings. The van der Waals surface area contributed by atoms with Crippen LogP contribution in [0.2, 0.25) is 0 Å². The Morgan fingerprint density at radius 2 is 1.69 bits per heavy atom. The molecule has 1 heterocycles. The molecule has 132 valence electrons. The molecule has 7 heteroatoms. The molecular formula is C19H16N2O5. The fourth-order valence-electron chi connectivity index (χ4n) is 2.31. The zero-order valence-electron chi connectivity index (χ0n) is 14.2. The number of benzene rings is 2. The van der Waals surface area contributed by atoms with Crippen molar-refractivity contribution in [2.45, 2.75) is 0 Å². The van der Waals surface area contributed by atoms with E-state index in [-0.39, 0.29) is 11.6 Å². The Hall–Kier alpha value is -3.61. The Morgan fingerprint density at radius 1 is 1.00 bits per heavy atom. The van der Waals surface area contributed by atoms with E-state index >= 15 is 0 Å². The van der Waals surface area contributed by atoms with Gasteiger partial charge in [0.1, 0.15) is 11.4 Å². The third kappa shape index (κ3) is 3.72. The van der Waals surface area contributed by atoms with Crippen LogP contribution in [0.15, 0.2) is 52.9 Å². The molecule has 0 radical (unpaired) electrons. The van der Waals surface area contributed by atoms with Gasteiger partial charge in [-0.15, -0.1) is 0 Å². The van der Waals surface area contributed by atoms with Gasteiger partial charge in [-0.25, -0.2) is 4.98 Å². The summed E-state index contributed by atoms with van der Waals surface area (Å²) in [7, 11) is 3.10. The fourth-order valence-corrected chi connectivity index (χ4v) is 2.31. The summed E-state index contributed by atoms with van der Waals surface area (Å²) in [6.07, 6.45) is 3.51. The predicted octanol–water partition coefficient (Wildman–Crippen LogP) is 4.44. The topological polar surface area (TPSA) is 87.6 Å². The summed E-state index contributed by atoms with van der Waals surface area (Å²) in [4.78, 5) is 14.7. The first kappa shape index (κ1) is 17.2. The monoisotopic (exact) mass is 352 g/mol. The Kier molecular flexibility index (Phi) is 4.98. The average Bonchev–Trinajstić information content (AvgIpc) is 3.10. The largest absolute Gasteiger partial charge is 0.497 e. The van der Waals surface area contributed by atoms with Crippen molar-refractivity contribution in [2.24, 2.45) is 0 Å². The zero-order chi connectivity index (χ0) is 18.5. The van der Waals surface area contributed by atoms with Gasteiger partial charge in [0.2, 0.25) is 5.89 Å². The van der Waals surface area contributed by atoms with Crippen molar-refractivity contribution in [1.29, 1.82) is 0 Å². The summed E-state index contributed by atoms with van der Waals surface area (Å²) >= 11 is 0. The Morgan fingerprint density at radius 3 is 2.27 bits per heavy atom. The van der Waals surface area contributed by atoms with Crippen LogP contribution in [0.3, 0.4) is 0 Å². The minimum Gasteiger partial charge on any atom is -0.497 e. The Labute approximate surface area is 149 Å². The highest BCUT2D eigenvalue weighted by molar-refractivity contribution is 5.71. The molecule has 1 aromatic heterocycles. The van der Waals surface area contributed by atoms with Gasteiger partial charge in [0, 0.05) is 17.7 Å². The van der Waals surface area contributed by atoms with E-state index < -0.39 is 4.92 Å². The third-order valence-corrected chi connectivity index (χ3v) is 3.68. The van der Waals surface area contributed by atoms with Gasteiger partial charge in [-0.1, -0.05) is 6.08 Å². The van der Waals surface area contributed by atoms with Crippen LogP contribution in [0.4, 0.5) is 5.69 Å². The molecule has 0 amide bonds. The molecule has 0 aliphatic carbocycles. The maximum atomic E-state index is 10.7. The lowest BCUT2D eigenvalue weighted by molar-refractivity contribution is -0.384. The molecule has 0 spiro atoms. The van der Waals surface area contributed by atoms with Crippen molar-refractivity contribution < 1.29 is 18.8 Å². The molecule has 0 N–H and O–H groups in total. The summed E-state index contributed by atoms with van der Waals surface area (Å²) < 4.78 is 16.0. The second-order valence-corrected chi connectivity index (χ2v) is 5.31. The first-order valence-electron chi connectivity index (χ1n) is 7.72. The van der Waals surface area contributed by atoms with E-state index in [2.05, 4.69) is 4.98 Å². The normalized spacial score (nSPS) is 10.8. The average molecular weight is 352 g/mol. The van der Waals surface area contributed by atoms with Gasteiger partial charge in [-0.2, -0.15) is 0 Å². The third-order valence-electron chi connectivity index (χ3n) is 3.68. The standard InChI is InChI=1S/C19H16N2O5/c1-24-16-10-6-14(7-11-16)18-20-17(19(25-2)26-18)12-5-13-3-8-15(9-4-13)21(22)23/h3-12H,1-2H3/b12-5+. The van der Waals surface area contributed by atoms with E-state index in [1.807, 2.05) is 24.3 Å². The smallest absolute Gasteiger partial charge is 0.312 e. The molecule has 0 saturated carbocycles. The molecule has 0 bridgehead atoms. The maximum absolute atomic E-state index is 10.7. The molecule has 7 nitrogen and oxygen atoms in total. The summed E-state index contributed by atoms with van der Waals surface area (Å²) in [5.41, 5.74) is 2.16. The Bertz CT molecular complexity index is 928. The number of nitrogens with zero attached hydrogens (tertiary/aromatic N) is 2. The molecule has 0 saturated heterocycles. The van der Waals surface area contributed by atoms with E-state index in [1.54, 1.807) is 31.4 Å². The molecule has 2 aromatic carbocycles. The molecule has 26 heavy (non-hydrogen) atoms. The number of methoxy groups -OCH3 is 2. The van der Waals surface area contributed by atoms with E-state index in [9.17, 15) is 10.1 Å². The van der Waals surface area contributed by atoms with Crippen molar-refractivity contribution >= 4 is 17.8 Å². The van der Waals surface area contributed by atoms with E-state index in [4.69, 9.17) is 13.9 Å². The van der Waals surface area contributed by atoms with Crippen molar-refractivity contribution in [3.8, 4) is 23.1 Å². The lowest BCUT2D eigenvalue weighted by atomic mass is 10.2. The van der Waals surface area contributed by atoms with Crippen LogP contribution in [0.1, 0.15) is 11.3 Å². The molecule has 0 unspecified atom stereocenters. The number of non-ortho nitro benzene ring substituents is 1. The number of ether oxygens (including phenoxy) is 2. The highest BCUT2D eigenvalue weighted by Crippen LogP contribution is 2.29. The van der Waals surface area contributed by atoms with Crippen LogP contribution in [-0.4, -0.2) is 24.1 Å². The van der Waals surface area contributed by atoms with Gasteiger partial charge in [-0.05, 0) is 48.0 Å². The van der Waals surface area contributed by atoms with Crippen LogP contribution < -0.4 is 9.47 Å². The van der Waals surface area contributed by atoms with Gasteiger partial charge in [0.25, 0.3) is 5.69 Å². The highest BCUT2D eigenvalue weighted by atomic mass is 16.6. The summed E-state index contributed by atoms with van der Waals surface area (Å²) in [6.45, 7) is 0. The number of aromatic nitrogens is 1. The number of nitro benzene ring substituents is 1. The summed E-state index contributed by atoms with van der Waals surface area (Å²) in [6, 6.07) is 13.5. The van der Waals surface area contributed by atoms with E-state index in [1.165, 1.54) is 19.2 Å². The van der Waals surface area contributed by atoms with Crippen molar-refractivity contribution in [2.75, 3.05) is 14.2 Å². The summed E-state index contributed by atoms with van der Waals surface area (Å²) in [5.74, 6) is 1.45. The number of hydrogen-bond acceptors (Lipinski definition) is 6.